The summed E-state index contributed by atoms with van der Waals surface area (Å²) in [6.07, 6.45) is 4.81. The number of rotatable bonds is 3. The molecule has 2 aliphatic heterocycles. The molecule has 3 fully saturated rings. The van der Waals surface area contributed by atoms with E-state index in [0.717, 1.165) is 45.3 Å². The minimum atomic E-state index is -0.285. The lowest BCUT2D eigenvalue weighted by Gasteiger charge is -2.50. The fourth-order valence-corrected chi connectivity index (χ4v) is 4.06. The third-order valence-corrected chi connectivity index (χ3v) is 5.91. The number of amides is 1. The van der Waals surface area contributed by atoms with Crippen LogP contribution in [-0.4, -0.2) is 59.8 Å². The minimum absolute atomic E-state index is 0.0432. The second-order valence-corrected chi connectivity index (χ2v) is 7.51. The van der Waals surface area contributed by atoms with Crippen molar-refractivity contribution in [3.8, 4) is 0 Å². The Morgan fingerprint density at radius 1 is 1.29 bits per heavy atom. The first-order chi connectivity index (χ1) is 10.00. The van der Waals surface area contributed by atoms with E-state index in [-0.39, 0.29) is 29.5 Å². The Balaban J connectivity index is 1.58. The van der Waals surface area contributed by atoms with Gasteiger partial charge < -0.3 is 15.7 Å². The largest absolute Gasteiger partial charge is 0.392 e. The lowest BCUT2D eigenvalue weighted by molar-refractivity contribution is -0.134. The molecule has 0 spiro atoms. The van der Waals surface area contributed by atoms with Gasteiger partial charge in [-0.15, -0.1) is 0 Å². The van der Waals surface area contributed by atoms with Crippen LogP contribution in [0.15, 0.2) is 0 Å². The van der Waals surface area contributed by atoms with Gasteiger partial charge in [0.05, 0.1) is 12.1 Å². The van der Waals surface area contributed by atoms with Crippen molar-refractivity contribution in [2.75, 3.05) is 19.6 Å². The van der Waals surface area contributed by atoms with Crippen LogP contribution in [0.5, 0.6) is 0 Å². The molecule has 120 valence electrons. The molecule has 5 nitrogen and oxygen atoms in total. The van der Waals surface area contributed by atoms with E-state index in [4.69, 9.17) is 0 Å². The number of likely N-dealkylation sites (tertiary alicyclic amines) is 1. The number of aliphatic hydroxyl groups excluding tert-OH is 1. The molecule has 0 aromatic carbocycles. The van der Waals surface area contributed by atoms with Crippen LogP contribution in [0.2, 0.25) is 0 Å². The molecule has 2 heterocycles. The van der Waals surface area contributed by atoms with Crippen LogP contribution in [-0.2, 0) is 4.79 Å². The Hall–Kier alpha value is -0.650. The summed E-state index contributed by atoms with van der Waals surface area (Å²) in [5.41, 5.74) is -0.187. The van der Waals surface area contributed by atoms with E-state index >= 15 is 0 Å². The van der Waals surface area contributed by atoms with Crippen molar-refractivity contribution in [1.29, 1.82) is 0 Å². The van der Waals surface area contributed by atoms with Gasteiger partial charge in [-0.1, -0.05) is 13.8 Å². The van der Waals surface area contributed by atoms with Crippen molar-refractivity contribution in [2.45, 2.75) is 70.2 Å². The summed E-state index contributed by atoms with van der Waals surface area (Å²) in [6.45, 7) is 7.25. The van der Waals surface area contributed by atoms with Crippen LogP contribution in [0.3, 0.4) is 0 Å². The summed E-state index contributed by atoms with van der Waals surface area (Å²) in [5, 5.41) is 16.4. The van der Waals surface area contributed by atoms with E-state index in [1.54, 1.807) is 0 Å². The standard InChI is InChI=1S/C16H29N3O2/c1-16(2)13(10-14(16)20)18-15(21)12-4-3-9-19(12)11-5-7-17-8-6-11/h11-14,17,20H,3-10H2,1-2H3,(H,18,21). The van der Waals surface area contributed by atoms with Crippen molar-refractivity contribution in [3.05, 3.63) is 0 Å². The van der Waals surface area contributed by atoms with Crippen LogP contribution in [0.25, 0.3) is 0 Å². The van der Waals surface area contributed by atoms with E-state index in [9.17, 15) is 9.90 Å². The van der Waals surface area contributed by atoms with E-state index in [1.807, 2.05) is 13.8 Å². The molecule has 0 aromatic heterocycles. The smallest absolute Gasteiger partial charge is 0.237 e. The van der Waals surface area contributed by atoms with Crippen molar-refractivity contribution in [2.24, 2.45) is 5.41 Å². The van der Waals surface area contributed by atoms with Crippen LogP contribution in [0, 0.1) is 5.41 Å². The summed E-state index contributed by atoms with van der Waals surface area (Å²) in [5.74, 6) is 0.177. The Morgan fingerprint density at radius 3 is 2.62 bits per heavy atom. The fraction of sp³-hybridized carbons (Fsp3) is 0.938. The molecule has 1 aliphatic carbocycles. The molecule has 5 heteroatoms. The maximum Gasteiger partial charge on any atom is 0.237 e. The van der Waals surface area contributed by atoms with Crippen LogP contribution >= 0.6 is 0 Å². The molecule has 3 N–H and O–H groups in total. The van der Waals surface area contributed by atoms with E-state index in [2.05, 4.69) is 15.5 Å². The molecule has 2 saturated heterocycles. The zero-order valence-corrected chi connectivity index (χ0v) is 13.3. The summed E-state index contributed by atoms with van der Waals surface area (Å²) >= 11 is 0. The van der Waals surface area contributed by atoms with Crippen molar-refractivity contribution in [1.82, 2.24) is 15.5 Å². The highest BCUT2D eigenvalue weighted by molar-refractivity contribution is 5.82. The van der Waals surface area contributed by atoms with E-state index in [1.165, 1.54) is 0 Å². The number of nitrogens with one attached hydrogen (secondary N) is 2. The maximum absolute atomic E-state index is 12.6. The predicted molar refractivity (Wildman–Crippen MR) is 82.0 cm³/mol. The summed E-state index contributed by atoms with van der Waals surface area (Å²) < 4.78 is 0. The summed E-state index contributed by atoms with van der Waals surface area (Å²) in [7, 11) is 0. The van der Waals surface area contributed by atoms with Crippen LogP contribution < -0.4 is 10.6 Å². The molecule has 21 heavy (non-hydrogen) atoms. The predicted octanol–water partition coefficient (Wildman–Crippen LogP) is 0.478. The molecule has 3 unspecified atom stereocenters. The van der Waals surface area contributed by atoms with Gasteiger partial charge in [-0.2, -0.15) is 0 Å². The zero-order chi connectivity index (χ0) is 15.0. The zero-order valence-electron chi connectivity index (χ0n) is 13.3. The van der Waals surface area contributed by atoms with Gasteiger partial charge in [0.2, 0.25) is 5.91 Å². The first-order valence-electron chi connectivity index (χ1n) is 8.45. The quantitative estimate of drug-likeness (QED) is 0.708. The van der Waals surface area contributed by atoms with Gasteiger partial charge in [0.25, 0.3) is 0 Å². The monoisotopic (exact) mass is 295 g/mol. The number of hydrogen-bond donors (Lipinski definition) is 3. The second-order valence-electron chi connectivity index (χ2n) is 7.51. The first kappa shape index (κ1) is 15.3. The van der Waals surface area contributed by atoms with Gasteiger partial charge in [0.15, 0.2) is 0 Å². The average Bonchev–Trinajstić information content (AvgIpc) is 2.97. The number of nitrogens with zero attached hydrogens (tertiary/aromatic N) is 1. The molecule has 0 aromatic rings. The number of piperidine rings is 1. The third kappa shape index (κ3) is 2.83. The third-order valence-electron chi connectivity index (χ3n) is 5.91. The van der Waals surface area contributed by atoms with Crippen molar-refractivity contribution >= 4 is 5.91 Å². The van der Waals surface area contributed by atoms with Crippen molar-refractivity contribution in [3.63, 3.8) is 0 Å². The molecule has 1 saturated carbocycles. The van der Waals surface area contributed by atoms with Gasteiger partial charge >= 0.3 is 0 Å². The number of carbonyl (C=O) groups is 1. The van der Waals surface area contributed by atoms with Gasteiger partial charge in [-0.05, 0) is 51.7 Å². The molecule has 3 rings (SSSR count). The Labute approximate surface area is 127 Å². The van der Waals surface area contributed by atoms with Crippen LogP contribution in [0.4, 0.5) is 0 Å². The first-order valence-corrected chi connectivity index (χ1v) is 8.45. The van der Waals surface area contributed by atoms with Gasteiger partial charge in [0.1, 0.15) is 0 Å². The highest BCUT2D eigenvalue weighted by Crippen LogP contribution is 2.40. The SMILES string of the molecule is CC1(C)C(O)CC1NC(=O)C1CCCN1C1CCNCC1. The highest BCUT2D eigenvalue weighted by Gasteiger charge is 2.49. The molecule has 0 radical (unpaired) electrons. The van der Waals surface area contributed by atoms with Crippen molar-refractivity contribution < 1.29 is 9.90 Å². The fourth-order valence-electron chi connectivity index (χ4n) is 4.06. The van der Waals surface area contributed by atoms with Gasteiger partial charge in [-0.3, -0.25) is 9.69 Å². The van der Waals surface area contributed by atoms with Gasteiger partial charge in [0, 0.05) is 17.5 Å². The number of aliphatic hydroxyl groups is 1. The molecule has 0 bridgehead atoms. The number of hydrogen-bond acceptors (Lipinski definition) is 4. The van der Waals surface area contributed by atoms with Gasteiger partial charge in [-0.25, -0.2) is 0 Å². The number of carbonyl (C=O) groups excluding carboxylic acids is 1. The molecule has 3 atom stereocenters. The maximum atomic E-state index is 12.6. The Morgan fingerprint density at radius 2 is 2.00 bits per heavy atom. The summed E-state index contributed by atoms with van der Waals surface area (Å²) in [4.78, 5) is 15.1. The average molecular weight is 295 g/mol. The van der Waals surface area contributed by atoms with Crippen LogP contribution in [0.1, 0.15) is 46.0 Å². The Kier molecular flexibility index (Phi) is 4.26. The molecular weight excluding hydrogens is 266 g/mol. The van der Waals surface area contributed by atoms with E-state index < -0.39 is 0 Å². The lowest BCUT2D eigenvalue weighted by Crippen LogP contribution is -2.63. The second kappa shape index (κ2) is 5.86. The normalized spacial score (nSPS) is 37.2. The lowest BCUT2D eigenvalue weighted by atomic mass is 9.64. The molecule has 1 amide bonds. The Bertz CT molecular complexity index is 393. The molecule has 3 aliphatic rings. The molecular formula is C16H29N3O2. The van der Waals surface area contributed by atoms with E-state index in [0.29, 0.717) is 12.5 Å². The summed E-state index contributed by atoms with van der Waals surface area (Å²) in [6, 6.07) is 0.724. The topological polar surface area (TPSA) is 64.6 Å². The highest BCUT2D eigenvalue weighted by atomic mass is 16.3. The minimum Gasteiger partial charge on any atom is -0.392 e.